The average molecular weight is 333 g/mol. The summed E-state index contributed by atoms with van der Waals surface area (Å²) < 4.78 is 0. The lowest BCUT2D eigenvalue weighted by Gasteiger charge is -2.06. The summed E-state index contributed by atoms with van der Waals surface area (Å²) in [5.74, 6) is 0.378. The number of phenols is 1. The Hall–Kier alpha value is -2.48. The second-order valence-electron chi connectivity index (χ2n) is 7.23. The number of hydrogen-bond donors (Lipinski definition) is 2. The van der Waals surface area contributed by atoms with E-state index in [1.165, 1.54) is 22.1 Å². The van der Waals surface area contributed by atoms with Crippen LogP contribution in [-0.4, -0.2) is 10.1 Å². The zero-order chi connectivity index (χ0) is 18.0. The van der Waals surface area contributed by atoms with Crippen molar-refractivity contribution in [1.29, 1.82) is 0 Å². The van der Waals surface area contributed by atoms with E-state index < -0.39 is 0 Å². The standard InChI is InChI=1S/C23H27NO/c1-15(2)6-5-7-16(3)8-10-18-22(25)13-12-21-23(18)19-14-17(4)9-11-20(19)24-21/h6,8-9,11-14,24-25H,5,7,10H2,1-4H3/b16-8+. The number of benzene rings is 2. The molecule has 0 bridgehead atoms. The molecule has 2 nitrogen and oxygen atoms in total. The summed E-state index contributed by atoms with van der Waals surface area (Å²) in [6, 6.07) is 10.2. The van der Waals surface area contributed by atoms with Gasteiger partial charge in [-0.1, -0.05) is 34.9 Å². The third-order valence-electron chi connectivity index (χ3n) is 4.75. The number of fused-ring (bicyclic) bond motifs is 3. The van der Waals surface area contributed by atoms with E-state index in [-0.39, 0.29) is 0 Å². The number of phenolic OH excluding ortho intramolecular Hbond substituents is 1. The molecule has 0 amide bonds. The van der Waals surface area contributed by atoms with Gasteiger partial charge in [0.05, 0.1) is 0 Å². The van der Waals surface area contributed by atoms with Crippen LogP contribution >= 0.6 is 0 Å². The molecule has 0 atom stereocenters. The number of nitrogens with one attached hydrogen (secondary N) is 1. The summed E-state index contributed by atoms with van der Waals surface area (Å²) in [4.78, 5) is 3.47. The summed E-state index contributed by atoms with van der Waals surface area (Å²) >= 11 is 0. The minimum absolute atomic E-state index is 0.378. The molecular formula is C23H27NO. The minimum Gasteiger partial charge on any atom is -0.508 e. The van der Waals surface area contributed by atoms with Gasteiger partial charge in [-0.15, -0.1) is 0 Å². The number of hydrogen-bond acceptors (Lipinski definition) is 1. The van der Waals surface area contributed by atoms with Crippen molar-refractivity contribution in [1.82, 2.24) is 4.98 Å². The van der Waals surface area contributed by atoms with E-state index in [0.717, 1.165) is 41.2 Å². The highest BCUT2D eigenvalue weighted by Crippen LogP contribution is 2.34. The van der Waals surface area contributed by atoms with Crippen molar-refractivity contribution < 1.29 is 5.11 Å². The Kier molecular flexibility index (Phi) is 4.98. The van der Waals surface area contributed by atoms with Gasteiger partial charge in [0.15, 0.2) is 0 Å². The summed E-state index contributed by atoms with van der Waals surface area (Å²) in [5, 5.41) is 12.8. The highest BCUT2D eigenvalue weighted by Gasteiger charge is 2.12. The van der Waals surface area contributed by atoms with E-state index >= 15 is 0 Å². The zero-order valence-corrected chi connectivity index (χ0v) is 15.6. The molecule has 2 aromatic carbocycles. The summed E-state index contributed by atoms with van der Waals surface area (Å²) in [6.07, 6.45) is 7.42. The second-order valence-corrected chi connectivity index (χ2v) is 7.23. The molecule has 25 heavy (non-hydrogen) atoms. The third kappa shape index (κ3) is 3.79. The molecule has 0 saturated heterocycles. The van der Waals surface area contributed by atoms with Crippen molar-refractivity contribution in [2.75, 3.05) is 0 Å². The molecular weight excluding hydrogens is 306 g/mol. The van der Waals surface area contributed by atoms with Gasteiger partial charge in [0.25, 0.3) is 0 Å². The van der Waals surface area contributed by atoms with Crippen molar-refractivity contribution >= 4 is 21.8 Å². The predicted molar refractivity (Wildman–Crippen MR) is 108 cm³/mol. The molecule has 2 heteroatoms. The van der Waals surface area contributed by atoms with Gasteiger partial charge in [-0.2, -0.15) is 0 Å². The fourth-order valence-electron chi connectivity index (χ4n) is 3.34. The van der Waals surface area contributed by atoms with Crippen molar-refractivity contribution in [3.8, 4) is 5.75 Å². The monoisotopic (exact) mass is 333 g/mol. The number of aromatic nitrogens is 1. The quantitative estimate of drug-likeness (QED) is 0.509. The van der Waals surface area contributed by atoms with Gasteiger partial charge < -0.3 is 10.1 Å². The molecule has 130 valence electrons. The van der Waals surface area contributed by atoms with Gasteiger partial charge in [0, 0.05) is 27.4 Å². The van der Waals surface area contributed by atoms with Gasteiger partial charge in [-0.25, -0.2) is 0 Å². The fourth-order valence-corrected chi connectivity index (χ4v) is 3.34. The SMILES string of the molecule is CC(C)=CCC/C(C)=C/Cc1c(O)ccc2[nH]c3ccc(C)cc3c12. The van der Waals surface area contributed by atoms with Crippen LogP contribution in [0.3, 0.4) is 0 Å². The Morgan fingerprint density at radius 1 is 1.04 bits per heavy atom. The van der Waals surface area contributed by atoms with Crippen LogP contribution in [0, 0.1) is 6.92 Å². The Labute approximate surface area is 149 Å². The molecule has 0 spiro atoms. The Bertz CT molecular complexity index is 969. The lowest BCUT2D eigenvalue weighted by Crippen LogP contribution is -1.87. The molecule has 3 rings (SSSR count). The first-order valence-electron chi connectivity index (χ1n) is 8.97. The molecule has 0 fully saturated rings. The molecule has 0 radical (unpaired) electrons. The van der Waals surface area contributed by atoms with E-state index in [2.05, 4.69) is 63.0 Å². The molecule has 1 aromatic heterocycles. The van der Waals surface area contributed by atoms with Gasteiger partial charge in [-0.3, -0.25) is 0 Å². The summed E-state index contributed by atoms with van der Waals surface area (Å²) in [6.45, 7) is 8.55. The van der Waals surface area contributed by atoms with Crippen molar-refractivity contribution in [2.45, 2.75) is 47.0 Å². The van der Waals surface area contributed by atoms with E-state index in [1.54, 1.807) is 6.07 Å². The van der Waals surface area contributed by atoms with Crippen LogP contribution in [0.5, 0.6) is 5.75 Å². The van der Waals surface area contributed by atoms with Crippen LogP contribution in [0.2, 0.25) is 0 Å². The molecule has 0 aliphatic heterocycles. The lowest BCUT2D eigenvalue weighted by atomic mass is 10.00. The largest absolute Gasteiger partial charge is 0.508 e. The molecule has 0 aliphatic rings. The summed E-state index contributed by atoms with van der Waals surface area (Å²) in [7, 11) is 0. The molecule has 2 N–H and O–H groups in total. The van der Waals surface area contributed by atoms with Gasteiger partial charge in [-0.05, 0) is 71.2 Å². The smallest absolute Gasteiger partial charge is 0.119 e. The summed E-state index contributed by atoms with van der Waals surface area (Å²) in [5.41, 5.74) is 7.18. The molecule has 0 saturated carbocycles. The molecule has 0 aliphatic carbocycles. The first kappa shape index (κ1) is 17.3. The maximum Gasteiger partial charge on any atom is 0.119 e. The number of aromatic amines is 1. The first-order valence-corrected chi connectivity index (χ1v) is 8.97. The van der Waals surface area contributed by atoms with Gasteiger partial charge in [0.2, 0.25) is 0 Å². The van der Waals surface area contributed by atoms with Crippen molar-refractivity contribution in [2.24, 2.45) is 0 Å². The molecule has 1 heterocycles. The van der Waals surface area contributed by atoms with E-state index in [1.807, 2.05) is 6.07 Å². The predicted octanol–water partition coefficient (Wildman–Crippen LogP) is 6.57. The average Bonchev–Trinajstić information content (AvgIpc) is 2.91. The second kappa shape index (κ2) is 7.18. The number of allylic oxidation sites excluding steroid dienone is 4. The van der Waals surface area contributed by atoms with E-state index in [4.69, 9.17) is 0 Å². The number of H-pyrrole nitrogens is 1. The molecule has 0 unspecified atom stereocenters. The maximum absolute atomic E-state index is 10.5. The first-order chi connectivity index (χ1) is 12.0. The maximum atomic E-state index is 10.5. The van der Waals surface area contributed by atoms with E-state index in [9.17, 15) is 5.11 Å². The highest BCUT2D eigenvalue weighted by atomic mass is 16.3. The van der Waals surface area contributed by atoms with E-state index in [0.29, 0.717) is 5.75 Å². The van der Waals surface area contributed by atoms with Crippen molar-refractivity contribution in [3.63, 3.8) is 0 Å². The zero-order valence-electron chi connectivity index (χ0n) is 15.6. The van der Waals surface area contributed by atoms with Crippen LogP contribution in [-0.2, 0) is 6.42 Å². The van der Waals surface area contributed by atoms with Crippen LogP contribution in [0.25, 0.3) is 21.8 Å². The number of rotatable bonds is 5. The Morgan fingerprint density at radius 2 is 1.80 bits per heavy atom. The minimum atomic E-state index is 0.378. The third-order valence-corrected chi connectivity index (χ3v) is 4.75. The topological polar surface area (TPSA) is 36.0 Å². The fraction of sp³-hybridized carbons (Fsp3) is 0.304. The van der Waals surface area contributed by atoms with Crippen LogP contribution in [0.4, 0.5) is 0 Å². The van der Waals surface area contributed by atoms with Crippen LogP contribution in [0.1, 0.15) is 44.7 Å². The Morgan fingerprint density at radius 3 is 2.56 bits per heavy atom. The Balaban J connectivity index is 1.97. The van der Waals surface area contributed by atoms with Gasteiger partial charge >= 0.3 is 0 Å². The lowest BCUT2D eigenvalue weighted by molar-refractivity contribution is 0.471. The van der Waals surface area contributed by atoms with Crippen LogP contribution < -0.4 is 0 Å². The van der Waals surface area contributed by atoms with Crippen molar-refractivity contribution in [3.05, 3.63) is 64.8 Å². The number of aromatic hydroxyl groups is 1. The normalized spacial score (nSPS) is 12.1. The van der Waals surface area contributed by atoms with Gasteiger partial charge in [0.1, 0.15) is 5.75 Å². The number of aryl methyl sites for hydroxylation is 1. The van der Waals surface area contributed by atoms with Crippen LogP contribution in [0.15, 0.2) is 53.6 Å². The highest BCUT2D eigenvalue weighted by molar-refractivity contribution is 6.10. The molecule has 3 aromatic rings.